The van der Waals surface area contributed by atoms with Gasteiger partial charge >= 0.3 is 18.2 Å². The topological polar surface area (TPSA) is 49.9 Å². The number of urea groups is 1. The SMILES string of the molecule is COC(=O)CCCCCCCN1CC(c2ccccc2)N(c2cccc(C(F)(F)F)c2)C1=O. The predicted octanol–water partition coefficient (Wildman–Crippen LogP) is 6.20. The average Bonchev–Trinajstić information content (AvgIpc) is 3.14. The predicted molar refractivity (Wildman–Crippen MR) is 120 cm³/mol. The van der Waals surface area contributed by atoms with E-state index in [2.05, 4.69) is 4.74 Å². The van der Waals surface area contributed by atoms with Crippen LogP contribution in [0.25, 0.3) is 0 Å². The molecule has 0 radical (unpaired) electrons. The van der Waals surface area contributed by atoms with E-state index in [1.165, 1.54) is 18.1 Å². The minimum absolute atomic E-state index is 0.209. The number of esters is 1. The number of anilines is 1. The second-order valence-electron chi connectivity index (χ2n) is 8.17. The van der Waals surface area contributed by atoms with Gasteiger partial charge in [-0.05, 0) is 36.6 Å². The Balaban J connectivity index is 1.67. The van der Waals surface area contributed by atoms with Gasteiger partial charge in [0.1, 0.15) is 0 Å². The van der Waals surface area contributed by atoms with Gasteiger partial charge in [0.05, 0.1) is 18.7 Å². The molecule has 2 aromatic carbocycles. The highest BCUT2D eigenvalue weighted by Crippen LogP contribution is 2.37. The lowest BCUT2D eigenvalue weighted by molar-refractivity contribution is -0.140. The third kappa shape index (κ3) is 6.49. The van der Waals surface area contributed by atoms with Crippen LogP contribution in [0.4, 0.5) is 23.7 Å². The number of alkyl halides is 3. The van der Waals surface area contributed by atoms with Gasteiger partial charge in [-0.1, -0.05) is 55.7 Å². The third-order valence-corrected chi connectivity index (χ3v) is 5.85. The molecule has 5 nitrogen and oxygen atoms in total. The number of ether oxygens (including phenoxy) is 1. The molecule has 3 rings (SSSR count). The molecule has 0 aromatic heterocycles. The van der Waals surface area contributed by atoms with E-state index in [1.807, 2.05) is 30.3 Å². The number of methoxy groups -OCH3 is 1. The first-order valence-electron chi connectivity index (χ1n) is 11.2. The van der Waals surface area contributed by atoms with Gasteiger partial charge in [-0.3, -0.25) is 9.69 Å². The highest BCUT2D eigenvalue weighted by Gasteiger charge is 2.40. The Morgan fingerprint density at radius 3 is 2.39 bits per heavy atom. The molecule has 1 unspecified atom stereocenters. The number of carbonyl (C=O) groups is 2. The molecule has 0 N–H and O–H groups in total. The molecular weight excluding hydrogens is 433 g/mol. The lowest BCUT2D eigenvalue weighted by atomic mass is 10.1. The van der Waals surface area contributed by atoms with E-state index in [1.54, 1.807) is 11.0 Å². The summed E-state index contributed by atoms with van der Waals surface area (Å²) in [6.07, 6.45) is 0.256. The summed E-state index contributed by atoms with van der Waals surface area (Å²) in [4.78, 5) is 27.6. The van der Waals surface area contributed by atoms with Crippen LogP contribution < -0.4 is 4.90 Å². The first-order chi connectivity index (χ1) is 15.8. The molecule has 2 amide bonds. The lowest BCUT2D eigenvalue weighted by Crippen LogP contribution is -2.33. The van der Waals surface area contributed by atoms with Crippen molar-refractivity contribution in [3.63, 3.8) is 0 Å². The van der Waals surface area contributed by atoms with Gasteiger partial charge < -0.3 is 9.64 Å². The molecule has 0 saturated carbocycles. The normalized spacial score (nSPS) is 16.4. The molecule has 0 spiro atoms. The molecule has 1 saturated heterocycles. The summed E-state index contributed by atoms with van der Waals surface area (Å²) in [6.45, 7) is 0.954. The Bertz CT molecular complexity index is 934. The second-order valence-corrected chi connectivity index (χ2v) is 8.17. The van der Waals surface area contributed by atoms with Crippen LogP contribution in [0.3, 0.4) is 0 Å². The van der Waals surface area contributed by atoms with Crippen molar-refractivity contribution in [2.75, 3.05) is 25.1 Å². The molecule has 1 aliphatic heterocycles. The van der Waals surface area contributed by atoms with Crippen LogP contribution in [0.1, 0.15) is 55.7 Å². The number of amides is 2. The monoisotopic (exact) mass is 462 g/mol. The first kappa shape index (κ1) is 24.6. The molecule has 1 fully saturated rings. The molecule has 1 atom stereocenters. The number of halogens is 3. The summed E-state index contributed by atoms with van der Waals surface area (Å²) < 4.78 is 44.4. The zero-order valence-electron chi connectivity index (χ0n) is 18.7. The summed E-state index contributed by atoms with van der Waals surface area (Å²) in [5, 5.41) is 0. The van der Waals surface area contributed by atoms with Crippen molar-refractivity contribution in [3.8, 4) is 0 Å². The molecule has 1 aliphatic rings. The van der Waals surface area contributed by atoms with Crippen molar-refractivity contribution in [1.82, 2.24) is 4.90 Å². The van der Waals surface area contributed by atoms with Gasteiger partial charge in [0.15, 0.2) is 0 Å². The fraction of sp³-hybridized carbons (Fsp3) is 0.440. The number of carbonyl (C=O) groups excluding carboxylic acids is 2. The fourth-order valence-corrected chi connectivity index (χ4v) is 4.10. The van der Waals surface area contributed by atoms with E-state index >= 15 is 0 Å². The number of nitrogens with zero attached hydrogens (tertiary/aromatic N) is 2. The number of hydrogen-bond acceptors (Lipinski definition) is 3. The lowest BCUT2D eigenvalue weighted by Gasteiger charge is -2.24. The Morgan fingerprint density at radius 1 is 1.00 bits per heavy atom. The van der Waals surface area contributed by atoms with E-state index < -0.39 is 11.7 Å². The zero-order valence-corrected chi connectivity index (χ0v) is 18.7. The Hall–Kier alpha value is -3.03. The molecular formula is C25H29F3N2O3. The Labute approximate surface area is 192 Å². The van der Waals surface area contributed by atoms with Crippen molar-refractivity contribution >= 4 is 17.7 Å². The maximum absolute atomic E-state index is 13.3. The van der Waals surface area contributed by atoms with Crippen LogP contribution in [0.5, 0.6) is 0 Å². The smallest absolute Gasteiger partial charge is 0.416 e. The molecule has 8 heteroatoms. The van der Waals surface area contributed by atoms with Crippen LogP contribution in [0.2, 0.25) is 0 Å². The molecule has 2 aromatic rings. The summed E-state index contributed by atoms with van der Waals surface area (Å²) in [5.74, 6) is -0.209. The number of hydrogen-bond donors (Lipinski definition) is 0. The summed E-state index contributed by atoms with van der Waals surface area (Å²) in [6, 6.07) is 13.7. The van der Waals surface area contributed by atoms with Crippen LogP contribution >= 0.6 is 0 Å². The van der Waals surface area contributed by atoms with Crippen molar-refractivity contribution in [3.05, 3.63) is 65.7 Å². The highest BCUT2D eigenvalue weighted by atomic mass is 19.4. The molecule has 1 heterocycles. The Morgan fingerprint density at radius 2 is 1.70 bits per heavy atom. The van der Waals surface area contributed by atoms with Crippen molar-refractivity contribution in [2.45, 2.75) is 50.7 Å². The molecule has 0 aliphatic carbocycles. The van der Waals surface area contributed by atoms with Crippen LogP contribution in [0.15, 0.2) is 54.6 Å². The molecule has 0 bridgehead atoms. The summed E-state index contributed by atoms with van der Waals surface area (Å²) >= 11 is 0. The zero-order chi connectivity index (χ0) is 23.8. The highest BCUT2D eigenvalue weighted by molar-refractivity contribution is 5.95. The maximum Gasteiger partial charge on any atom is 0.416 e. The van der Waals surface area contributed by atoms with Crippen molar-refractivity contribution in [1.29, 1.82) is 0 Å². The van der Waals surface area contributed by atoms with Crippen LogP contribution in [0, 0.1) is 0 Å². The van der Waals surface area contributed by atoms with Gasteiger partial charge in [0.2, 0.25) is 0 Å². The van der Waals surface area contributed by atoms with Gasteiger partial charge in [0.25, 0.3) is 0 Å². The number of benzene rings is 2. The van der Waals surface area contributed by atoms with Crippen LogP contribution in [-0.4, -0.2) is 37.1 Å². The summed E-state index contributed by atoms with van der Waals surface area (Å²) in [5.41, 5.74) is 0.354. The third-order valence-electron chi connectivity index (χ3n) is 5.85. The van der Waals surface area contributed by atoms with Gasteiger partial charge in [-0.2, -0.15) is 13.2 Å². The van der Waals surface area contributed by atoms with Gasteiger partial charge in [-0.15, -0.1) is 0 Å². The van der Waals surface area contributed by atoms with Crippen molar-refractivity contribution < 1.29 is 27.5 Å². The minimum Gasteiger partial charge on any atom is -0.469 e. The number of unbranched alkanes of at least 4 members (excludes halogenated alkanes) is 4. The summed E-state index contributed by atoms with van der Waals surface area (Å²) in [7, 11) is 1.38. The second kappa shape index (κ2) is 11.2. The number of rotatable bonds is 10. The van der Waals surface area contributed by atoms with E-state index in [9.17, 15) is 22.8 Å². The van der Waals surface area contributed by atoms with E-state index in [0.717, 1.165) is 49.8 Å². The average molecular weight is 463 g/mol. The van der Waals surface area contributed by atoms with Crippen molar-refractivity contribution in [2.24, 2.45) is 0 Å². The minimum atomic E-state index is -4.48. The van der Waals surface area contributed by atoms with Gasteiger partial charge in [-0.25, -0.2) is 4.79 Å². The fourth-order valence-electron chi connectivity index (χ4n) is 4.10. The van der Waals surface area contributed by atoms with E-state index in [-0.39, 0.29) is 23.7 Å². The standard InChI is InChI=1S/C25H29F3N2O3/c1-33-23(31)15-8-3-2-4-9-16-29-18-22(19-11-6-5-7-12-19)30(24(29)32)21-14-10-13-20(17-21)25(26,27)28/h5-7,10-14,17,22H,2-4,8-9,15-16,18H2,1H3. The molecule has 178 valence electrons. The van der Waals surface area contributed by atoms with E-state index in [4.69, 9.17) is 0 Å². The Kier molecular flexibility index (Phi) is 8.36. The van der Waals surface area contributed by atoms with Crippen LogP contribution in [-0.2, 0) is 15.7 Å². The van der Waals surface area contributed by atoms with E-state index in [0.29, 0.717) is 19.5 Å². The quantitative estimate of drug-likeness (QED) is 0.312. The maximum atomic E-state index is 13.3. The molecule has 33 heavy (non-hydrogen) atoms. The first-order valence-corrected chi connectivity index (χ1v) is 11.2. The van der Waals surface area contributed by atoms with Gasteiger partial charge in [0, 0.05) is 25.2 Å². The largest absolute Gasteiger partial charge is 0.469 e.